The Morgan fingerprint density at radius 1 is 1.29 bits per heavy atom. The molecule has 3 atom stereocenters. The summed E-state index contributed by atoms with van der Waals surface area (Å²) in [5, 5.41) is 3.72. The van der Waals surface area contributed by atoms with Crippen LogP contribution in [0.3, 0.4) is 0 Å². The van der Waals surface area contributed by atoms with Crippen LogP contribution in [0, 0.1) is 0 Å². The fraction of sp³-hybridized carbons (Fsp3) is 0.500. The average Bonchev–Trinajstić information content (AvgIpc) is 2.98. The molecule has 0 radical (unpaired) electrons. The van der Waals surface area contributed by atoms with E-state index in [1.165, 1.54) is 30.5 Å². The molecule has 2 heterocycles. The fourth-order valence-electron chi connectivity index (χ4n) is 3.38. The third-order valence-electron chi connectivity index (χ3n) is 4.52. The first-order chi connectivity index (χ1) is 10.2. The number of hydrogen-bond acceptors (Lipinski definition) is 2. The van der Waals surface area contributed by atoms with Gasteiger partial charge in [-0.15, -0.1) is 0 Å². The molecule has 21 heavy (non-hydrogen) atoms. The van der Waals surface area contributed by atoms with Crippen molar-refractivity contribution >= 4 is 0 Å². The van der Waals surface area contributed by atoms with E-state index < -0.39 is 0 Å². The molecule has 0 saturated carbocycles. The zero-order chi connectivity index (χ0) is 14.7. The van der Waals surface area contributed by atoms with Crippen molar-refractivity contribution in [2.24, 2.45) is 0 Å². The topological polar surface area (TPSA) is 29.9 Å². The van der Waals surface area contributed by atoms with Crippen LogP contribution in [0.4, 0.5) is 0 Å². The van der Waals surface area contributed by atoms with E-state index >= 15 is 0 Å². The molecule has 0 bridgehead atoms. The second kappa shape index (κ2) is 6.44. The summed E-state index contributed by atoms with van der Waals surface area (Å²) < 4.78 is 2.35. The third-order valence-corrected chi connectivity index (χ3v) is 4.52. The quantitative estimate of drug-likeness (QED) is 0.922. The van der Waals surface area contributed by atoms with Gasteiger partial charge in [0.1, 0.15) is 0 Å². The van der Waals surface area contributed by atoms with Gasteiger partial charge in [0.15, 0.2) is 0 Å². The van der Waals surface area contributed by atoms with Crippen molar-refractivity contribution in [2.75, 3.05) is 0 Å². The van der Waals surface area contributed by atoms with Crippen molar-refractivity contribution in [1.29, 1.82) is 0 Å². The van der Waals surface area contributed by atoms with Crippen LogP contribution in [0.2, 0.25) is 0 Å². The second-order valence-electron chi connectivity index (χ2n) is 6.32. The summed E-state index contributed by atoms with van der Waals surface area (Å²) in [7, 11) is 0. The van der Waals surface area contributed by atoms with Crippen LogP contribution < -0.4 is 5.32 Å². The summed E-state index contributed by atoms with van der Waals surface area (Å²) in [6.45, 7) is 4.56. The summed E-state index contributed by atoms with van der Waals surface area (Å²) in [4.78, 5) is 4.41. The number of rotatable bonds is 4. The van der Waals surface area contributed by atoms with Gasteiger partial charge < -0.3 is 9.88 Å². The number of nitrogens with one attached hydrogen (secondary N) is 1. The molecule has 1 fully saturated rings. The Morgan fingerprint density at radius 3 is 2.86 bits per heavy atom. The first-order valence-corrected chi connectivity index (χ1v) is 8.05. The Labute approximate surface area is 127 Å². The molecule has 1 aliphatic heterocycles. The molecule has 1 aliphatic rings. The van der Waals surface area contributed by atoms with Gasteiger partial charge in [0.05, 0.1) is 12.0 Å². The van der Waals surface area contributed by atoms with E-state index in [-0.39, 0.29) is 0 Å². The minimum Gasteiger partial charge on any atom is -0.330 e. The largest absolute Gasteiger partial charge is 0.330 e. The van der Waals surface area contributed by atoms with Gasteiger partial charge >= 0.3 is 0 Å². The molecule has 3 rings (SSSR count). The zero-order valence-corrected chi connectivity index (χ0v) is 13.0. The van der Waals surface area contributed by atoms with Crippen LogP contribution in [0.1, 0.15) is 56.5 Å². The van der Waals surface area contributed by atoms with Crippen LogP contribution in [-0.2, 0) is 6.42 Å². The SMILES string of the molecule is CC1CCCC(c2cncn2C(C)Cc2ccccc2)N1. The highest BCUT2D eigenvalue weighted by Gasteiger charge is 2.23. The average molecular weight is 283 g/mol. The van der Waals surface area contributed by atoms with Crippen molar-refractivity contribution in [1.82, 2.24) is 14.9 Å². The monoisotopic (exact) mass is 283 g/mol. The van der Waals surface area contributed by atoms with E-state index in [2.05, 4.69) is 59.0 Å². The second-order valence-corrected chi connectivity index (χ2v) is 6.32. The Bertz CT molecular complexity index is 561. The van der Waals surface area contributed by atoms with Gasteiger partial charge in [-0.3, -0.25) is 0 Å². The maximum Gasteiger partial charge on any atom is 0.0951 e. The molecule has 3 heteroatoms. The Kier molecular flexibility index (Phi) is 4.39. The number of benzene rings is 1. The van der Waals surface area contributed by atoms with Crippen molar-refractivity contribution < 1.29 is 0 Å². The molecule has 2 aromatic rings. The summed E-state index contributed by atoms with van der Waals surface area (Å²) in [5.41, 5.74) is 2.72. The predicted molar refractivity (Wildman–Crippen MR) is 86.3 cm³/mol. The van der Waals surface area contributed by atoms with Crippen LogP contribution >= 0.6 is 0 Å². The molecule has 1 N–H and O–H groups in total. The van der Waals surface area contributed by atoms with Crippen molar-refractivity contribution in [3.63, 3.8) is 0 Å². The minimum atomic E-state index is 0.434. The van der Waals surface area contributed by atoms with E-state index in [1.807, 2.05) is 12.5 Å². The van der Waals surface area contributed by atoms with E-state index in [9.17, 15) is 0 Å². The van der Waals surface area contributed by atoms with Crippen LogP contribution in [0.15, 0.2) is 42.9 Å². The number of hydrogen-bond donors (Lipinski definition) is 1. The highest BCUT2D eigenvalue weighted by Crippen LogP contribution is 2.27. The molecule has 112 valence electrons. The lowest BCUT2D eigenvalue weighted by Crippen LogP contribution is -2.35. The van der Waals surface area contributed by atoms with Crippen LogP contribution in [0.5, 0.6) is 0 Å². The molecular weight excluding hydrogens is 258 g/mol. The van der Waals surface area contributed by atoms with Gasteiger partial charge in [-0.05, 0) is 45.1 Å². The maximum atomic E-state index is 4.41. The summed E-state index contributed by atoms with van der Waals surface area (Å²) in [5.74, 6) is 0. The predicted octanol–water partition coefficient (Wildman–Crippen LogP) is 3.89. The smallest absolute Gasteiger partial charge is 0.0951 e. The normalized spacial score (nSPS) is 23.9. The van der Waals surface area contributed by atoms with Crippen molar-refractivity contribution in [3.8, 4) is 0 Å². The maximum absolute atomic E-state index is 4.41. The first-order valence-electron chi connectivity index (χ1n) is 8.05. The van der Waals surface area contributed by atoms with Gasteiger partial charge in [0.25, 0.3) is 0 Å². The molecule has 0 amide bonds. The number of nitrogens with zero attached hydrogens (tertiary/aromatic N) is 2. The zero-order valence-electron chi connectivity index (χ0n) is 13.0. The summed E-state index contributed by atoms with van der Waals surface area (Å²) in [6.07, 6.45) is 8.88. The van der Waals surface area contributed by atoms with Gasteiger partial charge in [-0.2, -0.15) is 0 Å². The number of imidazole rings is 1. The minimum absolute atomic E-state index is 0.434. The highest BCUT2D eigenvalue weighted by atomic mass is 15.1. The van der Waals surface area contributed by atoms with Gasteiger partial charge in [-0.25, -0.2) is 4.98 Å². The Balaban J connectivity index is 1.75. The van der Waals surface area contributed by atoms with Crippen molar-refractivity contribution in [3.05, 3.63) is 54.1 Å². The molecule has 1 saturated heterocycles. The lowest BCUT2D eigenvalue weighted by molar-refractivity contribution is 0.324. The molecule has 1 aromatic carbocycles. The summed E-state index contributed by atoms with van der Waals surface area (Å²) in [6, 6.07) is 12.2. The molecule has 3 nitrogen and oxygen atoms in total. The highest BCUT2D eigenvalue weighted by molar-refractivity contribution is 5.16. The molecule has 1 aromatic heterocycles. The van der Waals surface area contributed by atoms with Crippen LogP contribution in [0.25, 0.3) is 0 Å². The lowest BCUT2D eigenvalue weighted by atomic mass is 9.97. The Morgan fingerprint density at radius 2 is 2.10 bits per heavy atom. The van der Waals surface area contributed by atoms with Gasteiger partial charge in [-0.1, -0.05) is 30.3 Å². The lowest BCUT2D eigenvalue weighted by Gasteiger charge is -2.30. The van der Waals surface area contributed by atoms with Gasteiger partial charge in [0.2, 0.25) is 0 Å². The number of aromatic nitrogens is 2. The fourth-order valence-corrected chi connectivity index (χ4v) is 3.38. The van der Waals surface area contributed by atoms with E-state index in [0.29, 0.717) is 18.1 Å². The van der Waals surface area contributed by atoms with Crippen molar-refractivity contribution in [2.45, 2.75) is 57.7 Å². The molecule has 0 aliphatic carbocycles. The molecule has 0 spiro atoms. The van der Waals surface area contributed by atoms with Gasteiger partial charge in [0, 0.05) is 24.3 Å². The number of piperidine rings is 1. The van der Waals surface area contributed by atoms with E-state index in [1.54, 1.807) is 0 Å². The Hall–Kier alpha value is -1.61. The summed E-state index contributed by atoms with van der Waals surface area (Å²) >= 11 is 0. The standard InChI is InChI=1S/C18H25N3/c1-14-7-6-10-17(20-14)18-12-19-13-21(18)15(2)11-16-8-4-3-5-9-16/h3-5,8-9,12-15,17,20H,6-7,10-11H2,1-2H3. The van der Waals surface area contributed by atoms with Crippen LogP contribution in [-0.4, -0.2) is 15.6 Å². The molecular formula is C18H25N3. The third kappa shape index (κ3) is 3.35. The molecule has 3 unspecified atom stereocenters. The first kappa shape index (κ1) is 14.3. The van der Waals surface area contributed by atoms with E-state index in [0.717, 1.165) is 6.42 Å². The van der Waals surface area contributed by atoms with E-state index in [4.69, 9.17) is 0 Å².